The number of rotatable bonds is 7. The van der Waals surface area contributed by atoms with Gasteiger partial charge in [-0.3, -0.25) is 4.90 Å². The molecule has 0 aliphatic carbocycles. The normalized spacial score (nSPS) is 13.3. The average molecular weight is 305 g/mol. The molecule has 0 amide bonds. The van der Waals surface area contributed by atoms with E-state index in [0.717, 1.165) is 19.6 Å². The molecule has 0 bridgehead atoms. The minimum Gasteiger partial charge on any atom is -0.317 e. The van der Waals surface area contributed by atoms with E-state index >= 15 is 0 Å². The molecule has 16 heavy (non-hydrogen) atoms. The van der Waals surface area contributed by atoms with Gasteiger partial charge in [-0.2, -0.15) is 0 Å². The first-order valence-electron chi connectivity index (χ1n) is 5.77. The molecule has 4 heteroatoms. The summed E-state index contributed by atoms with van der Waals surface area (Å²) in [7, 11) is 2.20. The van der Waals surface area contributed by atoms with E-state index < -0.39 is 0 Å². The fourth-order valence-corrected chi connectivity index (χ4v) is 2.78. The predicted octanol–water partition coefficient (Wildman–Crippen LogP) is 3.33. The molecule has 1 unspecified atom stereocenters. The Labute approximate surface area is 111 Å². The highest BCUT2D eigenvalue weighted by molar-refractivity contribution is 9.11. The molecular formula is C12H21BrN2S. The van der Waals surface area contributed by atoms with Crippen molar-refractivity contribution in [3.63, 3.8) is 0 Å². The fraction of sp³-hybridized carbons (Fsp3) is 0.667. The average Bonchev–Trinajstić information content (AvgIpc) is 2.64. The molecule has 1 aromatic heterocycles. The molecule has 1 heterocycles. The van der Waals surface area contributed by atoms with Gasteiger partial charge in [0.05, 0.1) is 3.79 Å². The number of nitrogens with one attached hydrogen (secondary N) is 1. The number of hydrogen-bond donors (Lipinski definition) is 1. The van der Waals surface area contributed by atoms with Crippen LogP contribution >= 0.6 is 27.3 Å². The summed E-state index contributed by atoms with van der Waals surface area (Å²) in [6, 6.07) is 2.83. The van der Waals surface area contributed by atoms with Crippen molar-refractivity contribution in [1.29, 1.82) is 0 Å². The van der Waals surface area contributed by atoms with Crippen molar-refractivity contribution in [2.24, 2.45) is 0 Å². The second-order valence-corrected chi connectivity index (χ2v) is 6.46. The first kappa shape index (κ1) is 14.2. The lowest BCUT2D eigenvalue weighted by atomic mass is 10.2. The minimum atomic E-state index is 0.623. The standard InChI is InChI=1S/C12H21BrN2S/c1-4-14-6-5-10(2)15(3)8-11-7-12(13)16-9-11/h7,9-10,14H,4-6,8H2,1-3H3. The largest absolute Gasteiger partial charge is 0.317 e. The molecule has 1 N–H and O–H groups in total. The van der Waals surface area contributed by atoms with Crippen molar-refractivity contribution in [1.82, 2.24) is 10.2 Å². The number of nitrogens with zero attached hydrogens (tertiary/aromatic N) is 1. The van der Waals surface area contributed by atoms with Crippen molar-refractivity contribution < 1.29 is 0 Å². The highest BCUT2D eigenvalue weighted by Crippen LogP contribution is 2.22. The Kier molecular flexibility index (Phi) is 6.58. The first-order chi connectivity index (χ1) is 7.63. The van der Waals surface area contributed by atoms with E-state index in [1.807, 2.05) is 0 Å². The van der Waals surface area contributed by atoms with Gasteiger partial charge in [-0.25, -0.2) is 0 Å². The number of halogens is 1. The summed E-state index contributed by atoms with van der Waals surface area (Å²) in [4.78, 5) is 2.41. The lowest BCUT2D eigenvalue weighted by Crippen LogP contribution is -2.31. The Morgan fingerprint density at radius 3 is 2.88 bits per heavy atom. The third kappa shape index (κ3) is 4.95. The molecule has 2 nitrogen and oxygen atoms in total. The van der Waals surface area contributed by atoms with Gasteiger partial charge < -0.3 is 5.32 Å². The van der Waals surface area contributed by atoms with Gasteiger partial charge in [0.2, 0.25) is 0 Å². The molecule has 0 spiro atoms. The molecule has 0 saturated heterocycles. The van der Waals surface area contributed by atoms with Gasteiger partial charge in [-0.15, -0.1) is 11.3 Å². The van der Waals surface area contributed by atoms with E-state index in [2.05, 4.69) is 58.5 Å². The van der Waals surface area contributed by atoms with Crippen LogP contribution in [0.25, 0.3) is 0 Å². The topological polar surface area (TPSA) is 15.3 Å². The summed E-state index contributed by atoms with van der Waals surface area (Å²) in [5.41, 5.74) is 1.40. The second-order valence-electron chi connectivity index (χ2n) is 4.17. The zero-order chi connectivity index (χ0) is 12.0. The Morgan fingerprint density at radius 2 is 2.31 bits per heavy atom. The third-order valence-electron chi connectivity index (χ3n) is 2.80. The van der Waals surface area contributed by atoms with Crippen molar-refractivity contribution >= 4 is 27.3 Å². The zero-order valence-corrected chi connectivity index (χ0v) is 12.7. The molecule has 1 rings (SSSR count). The molecule has 0 aliphatic heterocycles. The molecule has 1 aromatic rings. The van der Waals surface area contributed by atoms with Gasteiger partial charge in [-0.1, -0.05) is 6.92 Å². The zero-order valence-electron chi connectivity index (χ0n) is 10.3. The summed E-state index contributed by atoms with van der Waals surface area (Å²) in [6.45, 7) is 7.65. The van der Waals surface area contributed by atoms with Crippen LogP contribution in [0.4, 0.5) is 0 Å². The molecule has 1 atom stereocenters. The van der Waals surface area contributed by atoms with Crippen LogP contribution in [0.3, 0.4) is 0 Å². The van der Waals surface area contributed by atoms with E-state index in [-0.39, 0.29) is 0 Å². The molecule has 0 fully saturated rings. The van der Waals surface area contributed by atoms with Gasteiger partial charge in [0.25, 0.3) is 0 Å². The summed E-state index contributed by atoms with van der Waals surface area (Å²) in [5, 5.41) is 5.59. The van der Waals surface area contributed by atoms with Crippen LogP contribution in [0, 0.1) is 0 Å². The van der Waals surface area contributed by atoms with Gasteiger partial charge in [-0.05, 0) is 66.4 Å². The molecule has 0 radical (unpaired) electrons. The quantitative estimate of drug-likeness (QED) is 0.777. The Bertz CT molecular complexity index is 301. The second kappa shape index (κ2) is 7.43. The summed E-state index contributed by atoms with van der Waals surface area (Å²) in [6.07, 6.45) is 1.20. The van der Waals surface area contributed by atoms with Crippen molar-refractivity contribution in [2.45, 2.75) is 32.9 Å². The summed E-state index contributed by atoms with van der Waals surface area (Å²) < 4.78 is 1.22. The maximum Gasteiger partial charge on any atom is 0.0701 e. The molecular weight excluding hydrogens is 284 g/mol. The van der Waals surface area contributed by atoms with Crippen LogP contribution in [0.2, 0.25) is 0 Å². The van der Waals surface area contributed by atoms with Crippen LogP contribution in [-0.2, 0) is 6.54 Å². The SMILES string of the molecule is CCNCCC(C)N(C)Cc1csc(Br)c1. The lowest BCUT2D eigenvalue weighted by Gasteiger charge is -2.24. The maximum atomic E-state index is 3.50. The molecule has 0 aromatic carbocycles. The Morgan fingerprint density at radius 1 is 1.56 bits per heavy atom. The van der Waals surface area contributed by atoms with E-state index in [4.69, 9.17) is 0 Å². The monoisotopic (exact) mass is 304 g/mol. The lowest BCUT2D eigenvalue weighted by molar-refractivity contribution is 0.237. The van der Waals surface area contributed by atoms with E-state index in [1.54, 1.807) is 11.3 Å². The number of thiophene rings is 1. The fourth-order valence-electron chi connectivity index (χ4n) is 1.58. The van der Waals surface area contributed by atoms with Crippen molar-refractivity contribution in [2.75, 3.05) is 20.1 Å². The number of hydrogen-bond acceptors (Lipinski definition) is 3. The smallest absolute Gasteiger partial charge is 0.0701 e. The first-order valence-corrected chi connectivity index (χ1v) is 7.44. The maximum absolute atomic E-state index is 3.50. The summed E-state index contributed by atoms with van der Waals surface area (Å²) in [5.74, 6) is 0. The Balaban J connectivity index is 2.30. The van der Waals surface area contributed by atoms with Crippen molar-refractivity contribution in [3.05, 3.63) is 20.8 Å². The Hall–Kier alpha value is 0.100. The highest BCUT2D eigenvalue weighted by atomic mass is 79.9. The van der Waals surface area contributed by atoms with E-state index in [9.17, 15) is 0 Å². The van der Waals surface area contributed by atoms with E-state index in [1.165, 1.54) is 15.8 Å². The van der Waals surface area contributed by atoms with Gasteiger partial charge in [0.1, 0.15) is 0 Å². The third-order valence-corrected chi connectivity index (χ3v) is 4.35. The van der Waals surface area contributed by atoms with Crippen LogP contribution < -0.4 is 5.32 Å². The van der Waals surface area contributed by atoms with Crippen LogP contribution in [-0.4, -0.2) is 31.1 Å². The highest BCUT2D eigenvalue weighted by Gasteiger charge is 2.09. The molecule has 92 valence electrons. The van der Waals surface area contributed by atoms with Crippen LogP contribution in [0.1, 0.15) is 25.8 Å². The molecule has 0 aliphatic rings. The van der Waals surface area contributed by atoms with Crippen LogP contribution in [0.5, 0.6) is 0 Å². The molecule has 0 saturated carbocycles. The van der Waals surface area contributed by atoms with Crippen molar-refractivity contribution in [3.8, 4) is 0 Å². The summed E-state index contributed by atoms with van der Waals surface area (Å²) >= 11 is 5.26. The van der Waals surface area contributed by atoms with E-state index in [0.29, 0.717) is 6.04 Å². The predicted molar refractivity (Wildman–Crippen MR) is 76.1 cm³/mol. The van der Waals surface area contributed by atoms with Gasteiger partial charge in [0.15, 0.2) is 0 Å². The van der Waals surface area contributed by atoms with Gasteiger partial charge in [0, 0.05) is 12.6 Å². The van der Waals surface area contributed by atoms with Gasteiger partial charge >= 0.3 is 0 Å². The minimum absolute atomic E-state index is 0.623. The van der Waals surface area contributed by atoms with Crippen LogP contribution in [0.15, 0.2) is 15.2 Å².